The van der Waals surface area contributed by atoms with Crippen LogP contribution in [0.4, 0.5) is 0 Å². The van der Waals surface area contributed by atoms with Gasteiger partial charge in [0.1, 0.15) is 23.6 Å². The van der Waals surface area contributed by atoms with E-state index in [1.54, 1.807) is 28.4 Å². The molecule has 488 valence electrons. The summed E-state index contributed by atoms with van der Waals surface area (Å²) in [6, 6.07) is 35.4. The van der Waals surface area contributed by atoms with Gasteiger partial charge in [0.15, 0.2) is 51.8 Å². The normalized spacial score (nSPS) is 21.0. The summed E-state index contributed by atoms with van der Waals surface area (Å²) in [4.78, 5) is 46.4. The van der Waals surface area contributed by atoms with E-state index in [1.165, 1.54) is 51.4 Å². The number of terminal acetylenes is 1. The molecule has 14 rings (SSSR count). The van der Waals surface area contributed by atoms with Gasteiger partial charge in [-0.05, 0) is 186 Å². The Morgan fingerprint density at radius 2 is 0.785 bits per heavy atom. The maximum Gasteiger partial charge on any atom is 0.171 e. The zero-order valence-corrected chi connectivity index (χ0v) is 54.3. The molecule has 8 saturated carbocycles. The number of nitriles is 1. The van der Waals surface area contributed by atoms with Crippen LogP contribution in [-0.2, 0) is 50.3 Å². The van der Waals surface area contributed by atoms with Crippen LogP contribution in [0.5, 0.6) is 46.0 Å². The van der Waals surface area contributed by atoms with Crippen LogP contribution >= 0.6 is 0 Å². The van der Waals surface area contributed by atoms with Gasteiger partial charge in [0.05, 0.1) is 93.8 Å². The highest BCUT2D eigenvalue weighted by atomic mass is 16.7. The second kappa shape index (κ2) is 29.3. The monoisotopic (exact) mass is 1260 g/mol. The van der Waals surface area contributed by atoms with Crippen LogP contribution in [-0.4, -0.2) is 95.5 Å². The van der Waals surface area contributed by atoms with Crippen molar-refractivity contribution >= 4 is 23.6 Å². The lowest BCUT2D eigenvalue weighted by atomic mass is 9.61. The number of hydrogen-bond acceptors (Lipinski definition) is 15. The Balaban J connectivity index is 0.000000127. The average molecular weight is 1260 g/mol. The summed E-state index contributed by atoms with van der Waals surface area (Å²) in [7, 11) is 6.56. The lowest BCUT2D eigenvalue weighted by Gasteiger charge is -2.49. The summed E-state index contributed by atoms with van der Waals surface area (Å²) in [5, 5.41) is 9.44. The average Bonchev–Trinajstić information content (AvgIpc) is 1.73. The Bertz CT molecular complexity index is 3490. The van der Waals surface area contributed by atoms with E-state index in [2.05, 4.69) is 23.8 Å². The first-order valence-electron chi connectivity index (χ1n) is 33.4. The van der Waals surface area contributed by atoms with Gasteiger partial charge in [0.2, 0.25) is 0 Å². The van der Waals surface area contributed by atoms with E-state index in [-0.39, 0.29) is 41.8 Å². The maximum atomic E-state index is 11.9. The van der Waals surface area contributed by atoms with Crippen molar-refractivity contribution in [3.63, 3.8) is 0 Å². The van der Waals surface area contributed by atoms with Gasteiger partial charge in [-0.2, -0.15) is 5.26 Å². The Morgan fingerprint density at radius 3 is 1.13 bits per heavy atom. The fourth-order valence-corrected chi connectivity index (χ4v) is 14.7. The lowest BCUT2D eigenvalue weighted by Crippen LogP contribution is -2.56. The number of nitrogens with zero attached hydrogens (tertiary/aromatic N) is 1. The van der Waals surface area contributed by atoms with E-state index in [0.717, 1.165) is 114 Å². The second-order valence-corrected chi connectivity index (χ2v) is 26.6. The van der Waals surface area contributed by atoms with Gasteiger partial charge < -0.3 is 52.2 Å². The largest absolute Gasteiger partial charge is 0.493 e. The fourth-order valence-electron chi connectivity index (χ4n) is 14.7. The number of carbonyl (C=O) groups is 4. The number of hydrogen-bond donors (Lipinski definition) is 0. The van der Waals surface area contributed by atoms with Crippen LogP contribution in [0.2, 0.25) is 0 Å². The Kier molecular flexibility index (Phi) is 20.9. The standard InChI is InChI=1S/C24H24O3.C19H24O5.C18H20O3.C17H19NO3/c1-26-22-12-11-19(15-23(22)27-21-9-5-6-10-21)24(16-20(25)17-24)14-13-18-7-3-2-4-8-18;1-21-16-7-6-14(10-17(16)24-15-4-2-3-5-15)18(13-20)11-19(12-18)22-8-9-23-19;1-3-18(11-14(19)12-18)13-8-9-16(20-2)17(10-13)21-15-6-4-5-7-15;1-20-15-7-6-12(17(11-18)9-13(19)10-17)8-16(15)21-14-4-2-3-5-14/h2-4,7-8,11-12,15,21H,5-6,9-10,16-17H2,1H3;6-7,10,13,15H,2-5,8-9,11-12H2,1H3;1,8-10,15H,4-7,11-12H2,2H3;6-8,14H,2-5,9-10H2,1H3. The van der Waals surface area contributed by atoms with Crippen molar-refractivity contribution in [3.8, 4) is 76.2 Å². The number of ketones is 3. The number of benzene rings is 5. The van der Waals surface area contributed by atoms with E-state index in [0.29, 0.717) is 81.8 Å². The van der Waals surface area contributed by atoms with Gasteiger partial charge in [0, 0.05) is 56.9 Å². The van der Waals surface area contributed by atoms with Crippen molar-refractivity contribution in [2.24, 2.45) is 0 Å². The van der Waals surface area contributed by atoms with Gasteiger partial charge in [-0.15, -0.1) is 6.42 Å². The van der Waals surface area contributed by atoms with Crippen LogP contribution in [0.1, 0.15) is 182 Å². The predicted molar refractivity (Wildman–Crippen MR) is 351 cm³/mol. The number of Topliss-reactive ketones (excluding diaryl/α,β-unsaturated/α-hetero) is 3. The number of rotatable bonds is 17. The van der Waals surface area contributed by atoms with Crippen LogP contribution in [0.15, 0.2) is 103 Å². The van der Waals surface area contributed by atoms with Crippen molar-refractivity contribution in [1.29, 1.82) is 5.26 Å². The number of methoxy groups -OCH3 is 4. The molecule has 0 amide bonds. The van der Waals surface area contributed by atoms with E-state index in [9.17, 15) is 24.4 Å². The molecule has 9 aliphatic rings. The molecule has 0 bridgehead atoms. The first-order valence-corrected chi connectivity index (χ1v) is 33.4. The van der Waals surface area contributed by atoms with E-state index < -0.39 is 27.4 Å². The molecule has 15 nitrogen and oxygen atoms in total. The molecule has 1 saturated heterocycles. The molecule has 5 aromatic carbocycles. The summed E-state index contributed by atoms with van der Waals surface area (Å²) < 4.78 is 57.6. The first-order chi connectivity index (χ1) is 45.2. The highest BCUT2D eigenvalue weighted by Gasteiger charge is 2.60. The minimum atomic E-state index is -0.670. The topological polar surface area (TPSA) is 184 Å². The highest BCUT2D eigenvalue weighted by Crippen LogP contribution is 2.55. The third-order valence-corrected chi connectivity index (χ3v) is 20.2. The van der Waals surface area contributed by atoms with Crippen molar-refractivity contribution in [1.82, 2.24) is 0 Å². The van der Waals surface area contributed by atoms with Crippen molar-refractivity contribution < 1.29 is 66.5 Å². The summed E-state index contributed by atoms with van der Waals surface area (Å²) in [5.74, 6) is 15.3. The first kappa shape index (κ1) is 66.2. The third kappa shape index (κ3) is 14.9. The molecule has 15 heteroatoms. The molecular formula is C78H87NO14. The van der Waals surface area contributed by atoms with Crippen molar-refractivity contribution in [2.45, 2.75) is 206 Å². The number of aldehydes is 1. The molecule has 9 fully saturated rings. The summed E-state index contributed by atoms with van der Waals surface area (Å²) in [5.41, 5.74) is 2.71. The van der Waals surface area contributed by atoms with Gasteiger partial charge in [-0.3, -0.25) is 14.4 Å². The van der Waals surface area contributed by atoms with E-state index in [4.69, 9.17) is 53.8 Å². The fraction of sp³-hybridized carbons (Fsp3) is 0.500. The lowest BCUT2D eigenvalue weighted by molar-refractivity contribution is -0.234. The summed E-state index contributed by atoms with van der Waals surface area (Å²) >= 11 is 0. The van der Waals surface area contributed by atoms with Gasteiger partial charge in [-0.1, -0.05) is 60.2 Å². The zero-order chi connectivity index (χ0) is 65.1. The Labute approximate surface area is 547 Å². The third-order valence-electron chi connectivity index (χ3n) is 20.2. The molecular weight excluding hydrogens is 1170 g/mol. The quantitative estimate of drug-likeness (QED) is 0.0632. The smallest absolute Gasteiger partial charge is 0.171 e. The van der Waals surface area contributed by atoms with Crippen LogP contribution in [0.3, 0.4) is 0 Å². The SMILES string of the molecule is C#CC1(c2ccc(OC)c(OC3CCCC3)c2)CC(=O)C1.COc1ccc(C2(C#Cc3ccccc3)CC(=O)C2)cc1OC1CCCC1.COc1ccc(C2(C#N)CC(=O)C2)cc1OC1CCCC1.COc1ccc(C2(C=O)CC3(C2)OCCO3)cc1OC1CCCC1. The molecule has 0 radical (unpaired) electrons. The van der Waals surface area contributed by atoms with Crippen LogP contribution in [0.25, 0.3) is 0 Å². The molecule has 8 aliphatic carbocycles. The summed E-state index contributed by atoms with van der Waals surface area (Å²) in [6.45, 7) is 1.21. The van der Waals surface area contributed by atoms with Crippen LogP contribution in [0, 0.1) is 35.5 Å². The molecule has 0 aromatic heterocycles. The minimum Gasteiger partial charge on any atom is -0.493 e. The molecule has 1 spiro atoms. The predicted octanol–water partition coefficient (Wildman–Crippen LogP) is 14.1. The van der Waals surface area contributed by atoms with Crippen molar-refractivity contribution in [3.05, 3.63) is 131 Å². The van der Waals surface area contributed by atoms with Crippen molar-refractivity contribution in [2.75, 3.05) is 41.7 Å². The second-order valence-electron chi connectivity index (χ2n) is 26.6. The van der Waals surface area contributed by atoms with Gasteiger partial charge in [-0.25, -0.2) is 0 Å². The molecule has 0 unspecified atom stereocenters. The zero-order valence-electron chi connectivity index (χ0n) is 54.3. The van der Waals surface area contributed by atoms with Gasteiger partial charge >= 0.3 is 0 Å². The number of ether oxygens (including phenoxy) is 10. The molecule has 1 aliphatic heterocycles. The Morgan fingerprint density at radius 1 is 0.452 bits per heavy atom. The van der Waals surface area contributed by atoms with Gasteiger partial charge in [0.25, 0.3) is 0 Å². The molecule has 5 aromatic rings. The Hall–Kier alpha value is -8.29. The minimum absolute atomic E-state index is 0.144. The van der Waals surface area contributed by atoms with E-state index >= 15 is 0 Å². The molecule has 0 atom stereocenters. The molecule has 0 N–H and O–H groups in total. The summed E-state index contributed by atoms with van der Waals surface area (Å²) in [6.07, 6.45) is 29.6. The molecule has 93 heavy (non-hydrogen) atoms. The highest BCUT2D eigenvalue weighted by molar-refractivity contribution is 5.91. The maximum absolute atomic E-state index is 11.9. The van der Waals surface area contributed by atoms with E-state index in [1.807, 2.05) is 103 Å². The van der Waals surface area contributed by atoms with Crippen LogP contribution < -0.4 is 37.9 Å². The number of carbonyl (C=O) groups excluding carboxylic acids is 4. The molecule has 1 heterocycles.